The average Bonchev–Trinajstić information content (AvgIpc) is 2.44. The second-order valence-corrected chi connectivity index (χ2v) is 4.62. The van der Waals surface area contributed by atoms with Gasteiger partial charge in [-0.2, -0.15) is 0 Å². The summed E-state index contributed by atoms with van der Waals surface area (Å²) in [6, 6.07) is 5.93. The average molecular weight is 313 g/mol. The maximum Gasteiger partial charge on any atom is 0.266 e. The first-order valence-corrected chi connectivity index (χ1v) is 6.37. The first-order valence-electron chi connectivity index (χ1n) is 6.00. The van der Waals surface area contributed by atoms with E-state index in [1.54, 1.807) is 6.07 Å². The summed E-state index contributed by atoms with van der Waals surface area (Å²) in [7, 11) is 0. The van der Waals surface area contributed by atoms with Crippen LogP contribution in [0, 0.1) is 11.6 Å². The maximum absolute atomic E-state index is 13.4. The van der Waals surface area contributed by atoms with Crippen LogP contribution in [0.3, 0.4) is 0 Å². The fourth-order valence-corrected chi connectivity index (χ4v) is 1.60. The molecule has 0 bridgehead atoms. The summed E-state index contributed by atoms with van der Waals surface area (Å²) >= 11 is 5.68. The lowest BCUT2D eigenvalue weighted by Gasteiger charge is -2.14. The predicted molar refractivity (Wildman–Crippen MR) is 74.3 cm³/mol. The van der Waals surface area contributed by atoms with E-state index in [-0.39, 0.29) is 5.75 Å². The van der Waals surface area contributed by atoms with Crippen LogP contribution in [0.5, 0.6) is 5.75 Å². The van der Waals surface area contributed by atoms with Crippen molar-refractivity contribution in [1.82, 2.24) is 4.98 Å². The molecule has 110 valence electrons. The van der Waals surface area contributed by atoms with Crippen LogP contribution in [0.25, 0.3) is 0 Å². The van der Waals surface area contributed by atoms with Crippen LogP contribution >= 0.6 is 11.6 Å². The van der Waals surface area contributed by atoms with E-state index in [2.05, 4.69) is 10.3 Å². The van der Waals surface area contributed by atoms with Gasteiger partial charge in [0.05, 0.1) is 5.02 Å². The molecule has 4 nitrogen and oxygen atoms in total. The number of carbonyl (C=O) groups excluding carboxylic acids is 1. The second kappa shape index (κ2) is 6.49. The Morgan fingerprint density at radius 3 is 2.71 bits per heavy atom. The van der Waals surface area contributed by atoms with Crippen LogP contribution in [-0.4, -0.2) is 17.0 Å². The van der Waals surface area contributed by atoms with E-state index in [9.17, 15) is 13.6 Å². The predicted octanol–water partition coefficient (Wildman–Crippen LogP) is 3.42. The van der Waals surface area contributed by atoms with Gasteiger partial charge in [-0.05, 0) is 31.2 Å². The smallest absolute Gasteiger partial charge is 0.266 e. The summed E-state index contributed by atoms with van der Waals surface area (Å²) in [6.07, 6.45) is 0.393. The van der Waals surface area contributed by atoms with Gasteiger partial charge < -0.3 is 10.1 Å². The Morgan fingerprint density at radius 1 is 1.33 bits per heavy atom. The van der Waals surface area contributed by atoms with Crippen LogP contribution in [0.1, 0.15) is 6.92 Å². The van der Waals surface area contributed by atoms with Gasteiger partial charge >= 0.3 is 0 Å². The highest BCUT2D eigenvalue weighted by Crippen LogP contribution is 2.19. The number of amides is 1. The van der Waals surface area contributed by atoms with Gasteiger partial charge in [-0.25, -0.2) is 13.8 Å². The van der Waals surface area contributed by atoms with Gasteiger partial charge in [0, 0.05) is 12.3 Å². The van der Waals surface area contributed by atoms with Crippen LogP contribution in [0.15, 0.2) is 36.5 Å². The topological polar surface area (TPSA) is 51.2 Å². The number of carbonyl (C=O) groups is 1. The van der Waals surface area contributed by atoms with Crippen LogP contribution in [0.4, 0.5) is 14.6 Å². The zero-order valence-electron chi connectivity index (χ0n) is 10.9. The molecule has 0 aliphatic heterocycles. The van der Waals surface area contributed by atoms with Crippen LogP contribution in [0.2, 0.25) is 5.02 Å². The molecule has 2 rings (SSSR count). The number of nitrogens with zero attached hydrogens (tertiary/aromatic N) is 1. The summed E-state index contributed by atoms with van der Waals surface area (Å²) in [6.45, 7) is 1.44. The summed E-state index contributed by atoms with van der Waals surface area (Å²) in [5.74, 6) is -2.03. The van der Waals surface area contributed by atoms with E-state index in [4.69, 9.17) is 16.3 Å². The van der Waals surface area contributed by atoms with Crippen molar-refractivity contribution in [3.8, 4) is 5.75 Å². The highest BCUT2D eigenvalue weighted by Gasteiger charge is 2.17. The molecule has 0 aliphatic carbocycles. The quantitative estimate of drug-likeness (QED) is 0.941. The molecule has 0 fully saturated rings. The lowest BCUT2D eigenvalue weighted by molar-refractivity contribution is -0.122. The Hall–Kier alpha value is -2.21. The Morgan fingerprint density at radius 2 is 2.10 bits per heavy atom. The zero-order valence-corrected chi connectivity index (χ0v) is 11.7. The highest BCUT2D eigenvalue weighted by atomic mass is 35.5. The number of hydrogen-bond acceptors (Lipinski definition) is 3. The fraction of sp³-hybridized carbons (Fsp3) is 0.143. The molecule has 7 heteroatoms. The molecule has 0 spiro atoms. The van der Waals surface area contributed by atoms with Crippen molar-refractivity contribution < 1.29 is 18.3 Å². The molecular weight excluding hydrogens is 302 g/mol. The van der Waals surface area contributed by atoms with Gasteiger partial charge in [-0.15, -0.1) is 0 Å². The van der Waals surface area contributed by atoms with E-state index in [0.29, 0.717) is 16.9 Å². The Balaban J connectivity index is 2.00. The number of ether oxygens (including phenoxy) is 1. The van der Waals surface area contributed by atoms with Crippen molar-refractivity contribution in [2.75, 3.05) is 5.32 Å². The molecule has 1 unspecified atom stereocenters. The Bertz CT molecular complexity index is 650. The van der Waals surface area contributed by atoms with Crippen molar-refractivity contribution in [2.45, 2.75) is 13.0 Å². The summed E-state index contributed by atoms with van der Waals surface area (Å²) in [5.41, 5.74) is 0. The minimum atomic E-state index is -0.984. The van der Waals surface area contributed by atoms with E-state index in [1.807, 2.05) is 0 Å². The maximum atomic E-state index is 13.4. The molecule has 2 aromatic rings. The Labute approximate surface area is 124 Å². The molecule has 1 atom stereocenters. The second-order valence-electron chi connectivity index (χ2n) is 4.19. The molecule has 0 saturated carbocycles. The standard InChI is InChI=1S/C14H11ClF2N2O2/c1-8(21-12-4-3-10(16)6-11(12)17)14(20)19-13-5-2-9(15)7-18-13/h2-8H,1H3,(H,18,19,20). The summed E-state index contributed by atoms with van der Waals surface area (Å²) in [5, 5.41) is 2.93. The van der Waals surface area contributed by atoms with Gasteiger partial charge in [0.25, 0.3) is 5.91 Å². The van der Waals surface area contributed by atoms with Crippen molar-refractivity contribution in [3.63, 3.8) is 0 Å². The minimum Gasteiger partial charge on any atom is -0.478 e. The number of pyridine rings is 1. The third kappa shape index (κ3) is 4.13. The number of rotatable bonds is 4. The zero-order chi connectivity index (χ0) is 15.4. The van der Waals surface area contributed by atoms with Crippen LogP contribution in [-0.2, 0) is 4.79 Å². The first kappa shape index (κ1) is 15.2. The van der Waals surface area contributed by atoms with Crippen molar-refractivity contribution in [3.05, 3.63) is 53.2 Å². The van der Waals surface area contributed by atoms with Crippen LogP contribution < -0.4 is 10.1 Å². The monoisotopic (exact) mass is 312 g/mol. The van der Waals surface area contributed by atoms with E-state index in [0.717, 1.165) is 12.1 Å². The van der Waals surface area contributed by atoms with E-state index < -0.39 is 23.6 Å². The molecule has 1 aromatic heterocycles. The van der Waals surface area contributed by atoms with Crippen molar-refractivity contribution in [2.24, 2.45) is 0 Å². The molecule has 0 radical (unpaired) electrons. The lowest BCUT2D eigenvalue weighted by Crippen LogP contribution is -2.30. The molecule has 1 aromatic carbocycles. The van der Waals surface area contributed by atoms with Gasteiger partial charge in [0.1, 0.15) is 11.6 Å². The number of nitrogens with one attached hydrogen (secondary N) is 1. The summed E-state index contributed by atoms with van der Waals surface area (Å²) in [4.78, 5) is 15.8. The van der Waals surface area contributed by atoms with E-state index >= 15 is 0 Å². The number of benzene rings is 1. The van der Waals surface area contributed by atoms with Gasteiger partial charge in [0.15, 0.2) is 17.7 Å². The number of hydrogen-bond donors (Lipinski definition) is 1. The normalized spacial score (nSPS) is 11.8. The number of aromatic nitrogens is 1. The lowest BCUT2D eigenvalue weighted by atomic mass is 10.3. The SMILES string of the molecule is CC(Oc1ccc(F)cc1F)C(=O)Nc1ccc(Cl)cn1. The summed E-state index contributed by atoms with van der Waals surface area (Å²) < 4.78 is 31.3. The third-order valence-corrected chi connectivity index (χ3v) is 2.77. The van der Waals surface area contributed by atoms with Gasteiger partial charge in [-0.1, -0.05) is 11.6 Å². The molecular formula is C14H11ClF2N2O2. The third-order valence-electron chi connectivity index (χ3n) is 2.55. The van der Waals surface area contributed by atoms with E-state index in [1.165, 1.54) is 19.2 Å². The molecule has 0 aliphatic rings. The highest BCUT2D eigenvalue weighted by molar-refractivity contribution is 6.30. The molecule has 1 amide bonds. The van der Waals surface area contributed by atoms with Gasteiger partial charge in [-0.3, -0.25) is 4.79 Å². The van der Waals surface area contributed by atoms with Crippen molar-refractivity contribution in [1.29, 1.82) is 0 Å². The van der Waals surface area contributed by atoms with Gasteiger partial charge in [0.2, 0.25) is 0 Å². The molecule has 1 N–H and O–H groups in total. The van der Waals surface area contributed by atoms with Crippen molar-refractivity contribution >= 4 is 23.3 Å². The largest absolute Gasteiger partial charge is 0.478 e. The number of halogens is 3. The molecule has 21 heavy (non-hydrogen) atoms. The Kier molecular flexibility index (Phi) is 4.70. The number of anilines is 1. The minimum absolute atomic E-state index is 0.205. The molecule has 1 heterocycles. The molecule has 0 saturated heterocycles. The first-order chi connectivity index (χ1) is 9.95. The fourth-order valence-electron chi connectivity index (χ4n) is 1.49.